The number of ether oxygens (including phenoxy) is 1. The van der Waals surface area contributed by atoms with Crippen LogP contribution in [0.4, 0.5) is 0 Å². The number of hydrogen-bond acceptors (Lipinski definition) is 4. The van der Waals surface area contributed by atoms with Crippen LogP contribution in [-0.4, -0.2) is 56.9 Å². The lowest BCUT2D eigenvalue weighted by molar-refractivity contribution is 0.0529. The summed E-state index contributed by atoms with van der Waals surface area (Å²) >= 11 is 0. The number of nitrogens with one attached hydrogen (secondary N) is 1. The highest BCUT2D eigenvalue weighted by atomic mass is 16.5. The van der Waals surface area contributed by atoms with Gasteiger partial charge in [-0.2, -0.15) is 0 Å². The predicted molar refractivity (Wildman–Crippen MR) is 53.8 cm³/mol. The van der Waals surface area contributed by atoms with Gasteiger partial charge in [0.05, 0.1) is 6.10 Å². The second-order valence-corrected chi connectivity index (χ2v) is 3.63. The van der Waals surface area contributed by atoms with Crippen LogP contribution in [0.1, 0.15) is 6.92 Å². The molecule has 3 N–H and O–H groups in total. The Hall–Kier alpha value is -0.160. The van der Waals surface area contributed by atoms with Gasteiger partial charge in [0, 0.05) is 45.9 Å². The van der Waals surface area contributed by atoms with Crippen LogP contribution >= 0.6 is 0 Å². The van der Waals surface area contributed by atoms with E-state index in [9.17, 15) is 0 Å². The van der Waals surface area contributed by atoms with E-state index in [0.29, 0.717) is 12.1 Å². The van der Waals surface area contributed by atoms with Crippen molar-refractivity contribution in [1.82, 2.24) is 10.2 Å². The molecule has 0 aromatic rings. The van der Waals surface area contributed by atoms with Gasteiger partial charge in [-0.3, -0.25) is 4.90 Å². The van der Waals surface area contributed by atoms with Crippen LogP contribution in [0.25, 0.3) is 0 Å². The molecule has 0 spiro atoms. The van der Waals surface area contributed by atoms with Gasteiger partial charge in [-0.1, -0.05) is 0 Å². The first kappa shape index (κ1) is 10.9. The van der Waals surface area contributed by atoms with Gasteiger partial charge < -0.3 is 15.8 Å². The molecule has 0 bridgehead atoms. The molecule has 1 fully saturated rings. The number of nitrogens with two attached hydrogens (primary N) is 1. The molecule has 1 rings (SSSR count). The minimum Gasteiger partial charge on any atom is -0.380 e. The second kappa shape index (κ2) is 5.54. The van der Waals surface area contributed by atoms with Gasteiger partial charge in [-0.25, -0.2) is 0 Å². The molecule has 2 atom stereocenters. The van der Waals surface area contributed by atoms with Crippen molar-refractivity contribution in [3.8, 4) is 0 Å². The minimum atomic E-state index is 0.298. The fourth-order valence-corrected chi connectivity index (χ4v) is 1.68. The molecular weight excluding hydrogens is 166 g/mol. The molecule has 0 saturated carbocycles. The fourth-order valence-electron chi connectivity index (χ4n) is 1.68. The molecule has 13 heavy (non-hydrogen) atoms. The van der Waals surface area contributed by atoms with E-state index < -0.39 is 0 Å². The molecule has 4 nitrogen and oxygen atoms in total. The molecule has 0 amide bonds. The van der Waals surface area contributed by atoms with Crippen molar-refractivity contribution in [2.24, 2.45) is 5.73 Å². The van der Waals surface area contributed by atoms with Crippen molar-refractivity contribution in [1.29, 1.82) is 0 Å². The first-order chi connectivity index (χ1) is 6.27. The van der Waals surface area contributed by atoms with E-state index >= 15 is 0 Å². The van der Waals surface area contributed by atoms with Gasteiger partial charge >= 0.3 is 0 Å². The summed E-state index contributed by atoms with van der Waals surface area (Å²) in [4.78, 5) is 2.41. The normalized spacial score (nSPS) is 27.5. The SMILES string of the molecule is COC(C)CN1CCNCC1CN. The minimum absolute atomic E-state index is 0.298. The van der Waals surface area contributed by atoms with Crippen LogP contribution in [0.3, 0.4) is 0 Å². The lowest BCUT2D eigenvalue weighted by Gasteiger charge is -2.36. The van der Waals surface area contributed by atoms with Crippen molar-refractivity contribution < 1.29 is 4.74 Å². The Morgan fingerprint density at radius 3 is 3.08 bits per heavy atom. The molecule has 0 radical (unpaired) electrons. The Balaban J connectivity index is 2.35. The Morgan fingerprint density at radius 2 is 2.46 bits per heavy atom. The van der Waals surface area contributed by atoms with Crippen molar-refractivity contribution >= 4 is 0 Å². The van der Waals surface area contributed by atoms with E-state index in [1.54, 1.807) is 7.11 Å². The monoisotopic (exact) mass is 187 g/mol. The number of rotatable bonds is 4. The lowest BCUT2D eigenvalue weighted by Crippen LogP contribution is -2.55. The summed E-state index contributed by atoms with van der Waals surface area (Å²) in [5.41, 5.74) is 5.69. The summed E-state index contributed by atoms with van der Waals surface area (Å²) < 4.78 is 5.24. The van der Waals surface area contributed by atoms with Gasteiger partial charge in [0.2, 0.25) is 0 Å². The molecule has 1 aliphatic heterocycles. The van der Waals surface area contributed by atoms with Crippen LogP contribution in [0.15, 0.2) is 0 Å². The Labute approximate surface area is 80.4 Å². The quantitative estimate of drug-likeness (QED) is 0.608. The highest BCUT2D eigenvalue weighted by molar-refractivity contribution is 4.81. The third kappa shape index (κ3) is 3.23. The van der Waals surface area contributed by atoms with Crippen LogP contribution in [0, 0.1) is 0 Å². The van der Waals surface area contributed by atoms with Crippen molar-refractivity contribution in [3.63, 3.8) is 0 Å². The maximum atomic E-state index is 5.69. The first-order valence-electron chi connectivity index (χ1n) is 4.95. The third-order valence-electron chi connectivity index (χ3n) is 2.64. The molecular formula is C9H21N3O. The summed E-state index contributed by atoms with van der Waals surface area (Å²) in [6.45, 7) is 6.95. The van der Waals surface area contributed by atoms with Gasteiger partial charge in [-0.15, -0.1) is 0 Å². The van der Waals surface area contributed by atoms with E-state index in [-0.39, 0.29) is 0 Å². The third-order valence-corrected chi connectivity index (χ3v) is 2.64. The second-order valence-electron chi connectivity index (χ2n) is 3.63. The highest BCUT2D eigenvalue weighted by Gasteiger charge is 2.21. The van der Waals surface area contributed by atoms with Gasteiger partial charge in [-0.05, 0) is 6.92 Å². The summed E-state index contributed by atoms with van der Waals surface area (Å²) in [6.07, 6.45) is 0.298. The molecule has 1 heterocycles. The fraction of sp³-hybridized carbons (Fsp3) is 1.00. The smallest absolute Gasteiger partial charge is 0.0670 e. The molecule has 4 heteroatoms. The maximum Gasteiger partial charge on any atom is 0.0670 e. The average molecular weight is 187 g/mol. The average Bonchev–Trinajstić information content (AvgIpc) is 2.18. The van der Waals surface area contributed by atoms with E-state index in [0.717, 1.165) is 32.7 Å². The predicted octanol–water partition coefficient (Wildman–Crippen LogP) is -0.746. The van der Waals surface area contributed by atoms with Crippen molar-refractivity contribution in [2.45, 2.75) is 19.1 Å². The Kier molecular flexibility index (Phi) is 4.66. The van der Waals surface area contributed by atoms with Crippen molar-refractivity contribution in [2.75, 3.05) is 39.8 Å². The van der Waals surface area contributed by atoms with E-state index in [1.165, 1.54) is 0 Å². The molecule has 2 unspecified atom stereocenters. The largest absolute Gasteiger partial charge is 0.380 e. The summed E-state index contributed by atoms with van der Waals surface area (Å²) in [6, 6.07) is 0.478. The highest BCUT2D eigenvalue weighted by Crippen LogP contribution is 2.04. The zero-order valence-electron chi connectivity index (χ0n) is 8.62. The van der Waals surface area contributed by atoms with E-state index in [2.05, 4.69) is 17.1 Å². The zero-order chi connectivity index (χ0) is 9.68. The molecule has 78 valence electrons. The molecule has 1 saturated heterocycles. The number of nitrogens with zero attached hydrogens (tertiary/aromatic N) is 1. The summed E-state index contributed by atoms with van der Waals surface area (Å²) in [7, 11) is 1.75. The number of hydrogen-bond donors (Lipinski definition) is 2. The number of piperazine rings is 1. The van der Waals surface area contributed by atoms with Crippen molar-refractivity contribution in [3.05, 3.63) is 0 Å². The summed E-state index contributed by atoms with van der Waals surface area (Å²) in [5.74, 6) is 0. The van der Waals surface area contributed by atoms with Crippen LogP contribution < -0.4 is 11.1 Å². The molecule has 0 aromatic carbocycles. The standard InChI is InChI=1S/C9H21N3O/c1-8(13-2)7-12-4-3-11-6-9(12)5-10/h8-9,11H,3-7,10H2,1-2H3. The van der Waals surface area contributed by atoms with E-state index in [1.807, 2.05) is 0 Å². The lowest BCUT2D eigenvalue weighted by atomic mass is 10.2. The van der Waals surface area contributed by atoms with E-state index in [4.69, 9.17) is 10.5 Å². The number of methoxy groups -OCH3 is 1. The maximum absolute atomic E-state index is 5.69. The van der Waals surface area contributed by atoms with Gasteiger partial charge in [0.15, 0.2) is 0 Å². The first-order valence-corrected chi connectivity index (χ1v) is 4.95. The van der Waals surface area contributed by atoms with Crippen LogP contribution in [-0.2, 0) is 4.74 Å². The van der Waals surface area contributed by atoms with Crippen LogP contribution in [0.5, 0.6) is 0 Å². The topological polar surface area (TPSA) is 50.5 Å². The van der Waals surface area contributed by atoms with Gasteiger partial charge in [0.1, 0.15) is 0 Å². The Bertz CT molecular complexity index is 143. The van der Waals surface area contributed by atoms with Gasteiger partial charge in [0.25, 0.3) is 0 Å². The zero-order valence-corrected chi connectivity index (χ0v) is 8.62. The molecule has 1 aliphatic rings. The molecule has 0 aromatic heterocycles. The molecule has 0 aliphatic carbocycles. The summed E-state index contributed by atoms with van der Waals surface area (Å²) in [5, 5.41) is 3.34. The van der Waals surface area contributed by atoms with Crippen LogP contribution in [0.2, 0.25) is 0 Å². The Morgan fingerprint density at radius 1 is 1.69 bits per heavy atom.